The van der Waals surface area contributed by atoms with Gasteiger partial charge < -0.3 is 9.64 Å². The quantitative estimate of drug-likeness (QED) is 0.490. The molecule has 1 aromatic heterocycles. The average molecular weight is 467 g/mol. The Balaban J connectivity index is 2.42. The summed E-state index contributed by atoms with van der Waals surface area (Å²) in [5, 5.41) is 7.43. The first-order valence-electron chi connectivity index (χ1n) is 6.64. The van der Waals surface area contributed by atoms with Crippen LogP contribution in [0.15, 0.2) is 24.3 Å². The Morgan fingerprint density at radius 3 is 2.38 bits per heavy atom. The number of hydrogen-bond donors (Lipinski definition) is 0. The fraction of sp³-hybridized carbons (Fsp3) is 0.267. The number of benzene rings is 1. The number of ether oxygens (including phenoxy) is 1. The second-order valence-corrected chi connectivity index (χ2v) is 6.62. The molecule has 1 aromatic carbocycles. The van der Waals surface area contributed by atoms with Crippen LogP contribution >= 0.6 is 30.1 Å². The van der Waals surface area contributed by atoms with Crippen LogP contribution < -0.4 is 9.64 Å². The first-order valence-corrected chi connectivity index (χ1v) is 10.0. The molecule has 2 rings (SSSR count). The molecule has 0 saturated heterocycles. The molecule has 0 atom stereocenters. The zero-order valence-electron chi connectivity index (χ0n) is 13.0. The predicted molar refractivity (Wildman–Crippen MR) is 97.8 cm³/mol. The monoisotopic (exact) mass is 467 g/mol. The Bertz CT molecular complexity index is 776. The predicted octanol–water partition coefficient (Wildman–Crippen LogP) is 4.54. The van der Waals surface area contributed by atoms with Crippen LogP contribution in [0, 0.1) is 18.1 Å². The van der Waals surface area contributed by atoms with E-state index in [1.807, 2.05) is 25.9 Å². The molecule has 0 fully saturated rings. The summed E-state index contributed by atoms with van der Waals surface area (Å²) in [5.41, 5.74) is 2.21. The minimum Gasteiger partial charge on any atom is -0.406 e. The number of halogens is 4. The summed E-state index contributed by atoms with van der Waals surface area (Å²) in [6, 6.07) is 5.55. The van der Waals surface area contributed by atoms with Crippen LogP contribution in [-0.2, 0) is 0 Å². The van der Waals surface area contributed by atoms with Crippen LogP contribution in [0.1, 0.15) is 11.3 Å². The van der Waals surface area contributed by atoms with Crippen molar-refractivity contribution in [3.05, 3.63) is 35.5 Å². The van der Waals surface area contributed by atoms with E-state index in [4.69, 9.17) is 0 Å². The minimum absolute atomic E-state index is 0.273. The van der Waals surface area contributed by atoms with Gasteiger partial charge in [-0.15, -0.1) is 18.3 Å². The van der Waals surface area contributed by atoms with Crippen molar-refractivity contribution in [1.29, 1.82) is 0 Å². The summed E-state index contributed by atoms with van der Waals surface area (Å²) >= 11 is 2.08. The SMILES string of the molecule is Cc1c(C#CSI)c(N(C)C)nn1-c1ccc(OC(F)(F)F)cc1. The lowest BCUT2D eigenvalue weighted by Crippen LogP contribution is -2.17. The van der Waals surface area contributed by atoms with Crippen molar-refractivity contribution in [2.24, 2.45) is 0 Å². The number of alkyl halides is 3. The second-order valence-electron chi connectivity index (χ2n) is 4.94. The third kappa shape index (κ3) is 4.51. The molecular weight excluding hydrogens is 454 g/mol. The van der Waals surface area contributed by atoms with E-state index in [1.165, 1.54) is 33.2 Å². The summed E-state index contributed by atoms with van der Waals surface area (Å²) in [4.78, 5) is 1.84. The van der Waals surface area contributed by atoms with E-state index in [-0.39, 0.29) is 5.75 Å². The highest BCUT2D eigenvalue weighted by molar-refractivity contribution is 14.2. The zero-order chi connectivity index (χ0) is 17.9. The Morgan fingerprint density at radius 1 is 1.25 bits per heavy atom. The van der Waals surface area contributed by atoms with Gasteiger partial charge in [-0.1, -0.05) is 0 Å². The van der Waals surface area contributed by atoms with Crippen molar-refractivity contribution in [2.45, 2.75) is 13.3 Å². The molecule has 0 N–H and O–H groups in total. The van der Waals surface area contributed by atoms with Gasteiger partial charge >= 0.3 is 6.36 Å². The number of hydrogen-bond acceptors (Lipinski definition) is 4. The zero-order valence-corrected chi connectivity index (χ0v) is 16.0. The number of nitrogens with zero attached hydrogens (tertiary/aromatic N) is 3. The first kappa shape index (κ1) is 18.8. The van der Waals surface area contributed by atoms with Crippen molar-refractivity contribution >= 4 is 36.0 Å². The van der Waals surface area contributed by atoms with Crippen molar-refractivity contribution < 1.29 is 17.9 Å². The fourth-order valence-corrected chi connectivity index (χ4v) is 2.53. The van der Waals surface area contributed by atoms with Gasteiger partial charge in [-0.05, 0) is 51.3 Å². The summed E-state index contributed by atoms with van der Waals surface area (Å²) < 4.78 is 42.2. The molecule has 0 aliphatic heterocycles. The van der Waals surface area contributed by atoms with Crippen molar-refractivity contribution in [3.8, 4) is 22.6 Å². The molecule has 0 bridgehead atoms. The lowest BCUT2D eigenvalue weighted by molar-refractivity contribution is -0.274. The van der Waals surface area contributed by atoms with Crippen molar-refractivity contribution in [1.82, 2.24) is 9.78 Å². The van der Waals surface area contributed by atoms with Crippen LogP contribution in [0.5, 0.6) is 5.75 Å². The smallest absolute Gasteiger partial charge is 0.406 e. The number of rotatable bonds is 3. The molecule has 4 nitrogen and oxygen atoms in total. The second kappa shape index (κ2) is 7.57. The van der Waals surface area contributed by atoms with Crippen LogP contribution in [-0.4, -0.2) is 30.2 Å². The molecular formula is C15H13F3IN3OS. The molecule has 9 heteroatoms. The maximum atomic E-state index is 12.2. The van der Waals surface area contributed by atoms with Gasteiger partial charge in [0.25, 0.3) is 0 Å². The van der Waals surface area contributed by atoms with E-state index >= 15 is 0 Å². The van der Waals surface area contributed by atoms with Crippen LogP contribution in [0.4, 0.5) is 19.0 Å². The molecule has 0 spiro atoms. The first-order chi connectivity index (χ1) is 11.2. The van der Waals surface area contributed by atoms with Gasteiger partial charge in [0.2, 0.25) is 0 Å². The lowest BCUT2D eigenvalue weighted by Gasteiger charge is -2.10. The van der Waals surface area contributed by atoms with Crippen molar-refractivity contribution in [2.75, 3.05) is 19.0 Å². The Hall–Kier alpha value is -1.54. The topological polar surface area (TPSA) is 30.3 Å². The van der Waals surface area contributed by atoms with Gasteiger partial charge in [0.15, 0.2) is 5.82 Å². The van der Waals surface area contributed by atoms with Crippen molar-refractivity contribution in [3.63, 3.8) is 0 Å². The third-order valence-corrected chi connectivity index (χ3v) is 3.89. The molecule has 0 aliphatic rings. The molecule has 0 amide bonds. The van der Waals surface area contributed by atoms with E-state index in [9.17, 15) is 13.2 Å². The van der Waals surface area contributed by atoms with E-state index in [0.717, 1.165) is 11.3 Å². The lowest BCUT2D eigenvalue weighted by atomic mass is 10.2. The highest BCUT2D eigenvalue weighted by Gasteiger charge is 2.31. The van der Waals surface area contributed by atoms with Gasteiger partial charge in [-0.3, -0.25) is 0 Å². The van der Waals surface area contributed by atoms with E-state index in [2.05, 4.69) is 42.2 Å². The van der Waals surface area contributed by atoms with E-state index < -0.39 is 6.36 Å². The van der Waals surface area contributed by atoms with Crippen LogP contribution in [0.2, 0.25) is 0 Å². The Kier molecular flexibility index (Phi) is 5.92. The summed E-state index contributed by atoms with van der Waals surface area (Å²) in [5.74, 6) is 3.47. The maximum absolute atomic E-state index is 12.2. The van der Waals surface area contributed by atoms with Crippen LogP contribution in [0.25, 0.3) is 5.69 Å². The molecule has 0 aliphatic carbocycles. The highest BCUT2D eigenvalue weighted by atomic mass is 127. The fourth-order valence-electron chi connectivity index (χ4n) is 2.06. The largest absolute Gasteiger partial charge is 0.573 e. The van der Waals surface area contributed by atoms with Gasteiger partial charge in [0.1, 0.15) is 5.75 Å². The summed E-state index contributed by atoms with van der Waals surface area (Å²) in [6.45, 7) is 1.86. The summed E-state index contributed by atoms with van der Waals surface area (Å²) in [6.07, 6.45) is -4.71. The normalized spacial score (nSPS) is 11.0. The average Bonchev–Trinajstić information content (AvgIpc) is 2.81. The summed E-state index contributed by atoms with van der Waals surface area (Å²) in [7, 11) is 5.08. The molecule has 128 valence electrons. The van der Waals surface area contributed by atoms with Crippen LogP contribution in [0.3, 0.4) is 0 Å². The van der Waals surface area contributed by atoms with Gasteiger partial charge in [-0.2, -0.15) is 0 Å². The molecule has 0 saturated carbocycles. The van der Waals surface area contributed by atoms with Gasteiger partial charge in [0.05, 0.1) is 16.9 Å². The van der Waals surface area contributed by atoms with E-state index in [1.54, 1.807) is 4.68 Å². The molecule has 0 unspecified atom stereocenters. The third-order valence-electron chi connectivity index (χ3n) is 3.05. The number of anilines is 1. The standard InChI is InChI=1S/C15H13F3IN3OS/c1-10-13(8-9-24-19)14(21(2)3)20-22(10)11-4-6-12(7-5-11)23-15(16,17)18/h4-7H,1-3H3. The number of aromatic nitrogens is 2. The van der Waals surface area contributed by atoms with Gasteiger partial charge in [0, 0.05) is 35.3 Å². The Morgan fingerprint density at radius 2 is 1.88 bits per heavy atom. The molecule has 0 radical (unpaired) electrons. The van der Waals surface area contributed by atoms with E-state index in [0.29, 0.717) is 11.5 Å². The molecule has 2 aromatic rings. The Labute approximate surface area is 153 Å². The van der Waals surface area contributed by atoms with Gasteiger partial charge in [-0.25, -0.2) is 4.68 Å². The maximum Gasteiger partial charge on any atom is 0.573 e. The minimum atomic E-state index is -4.71. The highest BCUT2D eigenvalue weighted by Crippen LogP contribution is 2.27. The molecule has 24 heavy (non-hydrogen) atoms. The molecule has 1 heterocycles.